The maximum Gasteiger partial charge on any atom is 0.141 e. The van der Waals surface area contributed by atoms with Crippen LogP contribution in [0.25, 0.3) is 10.9 Å². The number of nitrogens with zero attached hydrogens (tertiary/aromatic N) is 5. The number of hydrogen-bond acceptors (Lipinski definition) is 9. The summed E-state index contributed by atoms with van der Waals surface area (Å²) in [6.07, 6.45) is 11.1. The van der Waals surface area contributed by atoms with Gasteiger partial charge in [-0.25, -0.2) is 4.39 Å². The summed E-state index contributed by atoms with van der Waals surface area (Å²) in [6, 6.07) is 10.1. The smallest absolute Gasteiger partial charge is 0.141 e. The molecule has 0 aliphatic carbocycles. The third-order valence-electron chi connectivity index (χ3n) is 8.19. The highest BCUT2D eigenvalue weighted by atomic mass is 35.5. The Morgan fingerprint density at radius 1 is 1.20 bits per heavy atom. The first-order valence-electron chi connectivity index (χ1n) is 15.0. The maximum atomic E-state index is 13.9. The monoisotopic (exact) mass is 661 g/mol. The lowest BCUT2D eigenvalue weighted by Gasteiger charge is -2.42. The fraction of sp³-hybridized carbons (Fsp3) is 0.324. The van der Waals surface area contributed by atoms with Crippen molar-refractivity contribution in [1.29, 1.82) is 5.26 Å². The van der Waals surface area contributed by atoms with Gasteiger partial charge in [-0.15, -0.1) is 5.53 Å². The van der Waals surface area contributed by atoms with Crippen LogP contribution in [0.5, 0.6) is 0 Å². The van der Waals surface area contributed by atoms with Crippen LogP contribution < -0.4 is 21.6 Å². The van der Waals surface area contributed by atoms with E-state index in [1.54, 1.807) is 25.4 Å². The second-order valence-electron chi connectivity index (χ2n) is 12.3. The normalized spacial score (nSPS) is 16.9. The number of anilines is 3. The molecule has 0 bridgehead atoms. The number of likely N-dealkylation sites (tertiary alicyclic amines) is 1. The summed E-state index contributed by atoms with van der Waals surface area (Å²) >= 11 is 12.8. The molecular formula is C34H38Cl2FN9. The van der Waals surface area contributed by atoms with Gasteiger partial charge in [0.05, 0.1) is 38.6 Å². The first-order valence-corrected chi connectivity index (χ1v) is 15.8. The first-order chi connectivity index (χ1) is 22.0. The van der Waals surface area contributed by atoms with Crippen molar-refractivity contribution in [1.82, 2.24) is 25.9 Å². The molecule has 5 rings (SSSR count). The van der Waals surface area contributed by atoms with Crippen LogP contribution in [0.1, 0.15) is 39.2 Å². The van der Waals surface area contributed by atoms with Crippen molar-refractivity contribution >= 4 is 57.4 Å². The molecule has 3 heterocycles. The highest BCUT2D eigenvalue weighted by Gasteiger charge is 2.32. The summed E-state index contributed by atoms with van der Waals surface area (Å²) in [5, 5.41) is 19.8. The second kappa shape index (κ2) is 14.1. The van der Waals surface area contributed by atoms with Gasteiger partial charge < -0.3 is 16.1 Å². The van der Waals surface area contributed by atoms with Gasteiger partial charge >= 0.3 is 0 Å². The van der Waals surface area contributed by atoms with Crippen molar-refractivity contribution in [3.63, 3.8) is 0 Å². The van der Waals surface area contributed by atoms with Crippen LogP contribution in [0.15, 0.2) is 77.7 Å². The van der Waals surface area contributed by atoms with E-state index in [2.05, 4.69) is 81.1 Å². The van der Waals surface area contributed by atoms with Gasteiger partial charge in [0.25, 0.3) is 0 Å². The maximum absolute atomic E-state index is 13.9. The standard InChI is InChI=1S/C34H38Cl2FN9/c1-21(7-6-12-39-5)31(30-20-46(44-43-30)25-10-13-45(14-11-25)34(2,3)4)42-24-15-26-32(41-23-8-9-29(37)27(35)16-23)22(18-38)19-40-33(26)28(36)17-24/h6-9,12,15-17,19-20,25,31,42-44H,1,10-11,13-14H2,2-5H3,(H,40,41)/b7-6-,39-12?/t31-/m0/s1. The highest BCUT2D eigenvalue weighted by Crippen LogP contribution is 2.36. The molecule has 240 valence electrons. The Hall–Kier alpha value is -4.14. The van der Waals surface area contributed by atoms with E-state index in [0.717, 1.165) is 37.2 Å². The minimum Gasteiger partial charge on any atom is -0.373 e. The number of hydrogen-bond donors (Lipinski definition) is 4. The van der Waals surface area contributed by atoms with E-state index in [9.17, 15) is 9.65 Å². The molecule has 2 aliphatic heterocycles. The molecule has 0 radical (unpaired) electrons. The summed E-state index contributed by atoms with van der Waals surface area (Å²) in [6.45, 7) is 13.2. The van der Waals surface area contributed by atoms with E-state index in [1.807, 2.05) is 18.2 Å². The number of nitrogens with one attached hydrogen (secondary N) is 4. The van der Waals surface area contributed by atoms with Gasteiger partial charge in [0.1, 0.15) is 11.9 Å². The molecule has 1 aromatic heterocycles. The molecule has 0 unspecified atom stereocenters. The van der Waals surface area contributed by atoms with Crippen LogP contribution in [-0.4, -0.2) is 58.9 Å². The van der Waals surface area contributed by atoms with Gasteiger partial charge in [0, 0.05) is 67.1 Å². The number of nitriles is 1. The quantitative estimate of drug-likeness (QED) is 0.140. The molecular weight excluding hydrogens is 624 g/mol. The fourth-order valence-electron chi connectivity index (χ4n) is 5.67. The molecule has 3 aromatic rings. The first kappa shape index (κ1) is 33.2. The van der Waals surface area contributed by atoms with Crippen molar-refractivity contribution < 1.29 is 4.39 Å². The zero-order valence-corrected chi connectivity index (χ0v) is 27.8. The summed E-state index contributed by atoms with van der Waals surface area (Å²) in [4.78, 5) is 11.0. The molecule has 0 spiro atoms. The molecule has 9 nitrogen and oxygen atoms in total. The summed E-state index contributed by atoms with van der Waals surface area (Å²) < 4.78 is 13.9. The van der Waals surface area contributed by atoms with Gasteiger partial charge in [-0.1, -0.05) is 35.9 Å². The zero-order valence-electron chi connectivity index (χ0n) is 26.3. The predicted octanol–water partition coefficient (Wildman–Crippen LogP) is 7.32. The zero-order chi connectivity index (χ0) is 33.0. The Bertz CT molecular complexity index is 1750. The van der Waals surface area contributed by atoms with Crippen molar-refractivity contribution in [3.8, 4) is 6.07 Å². The number of piperidine rings is 1. The Labute approximate surface area is 279 Å². The lowest BCUT2D eigenvalue weighted by molar-refractivity contribution is 0.0570. The van der Waals surface area contributed by atoms with E-state index in [0.29, 0.717) is 44.6 Å². The number of allylic oxidation sites excluding steroid dienone is 1. The number of rotatable bonds is 9. The molecule has 46 heavy (non-hydrogen) atoms. The summed E-state index contributed by atoms with van der Waals surface area (Å²) in [5.74, 6) is -0.536. The average Bonchev–Trinajstić information content (AvgIpc) is 3.52. The number of hydrazine groups is 2. The van der Waals surface area contributed by atoms with Crippen LogP contribution in [0.2, 0.25) is 10.0 Å². The van der Waals surface area contributed by atoms with Gasteiger partial charge in [-0.05, 0) is 75.6 Å². The fourth-order valence-corrected chi connectivity index (χ4v) is 6.12. The van der Waals surface area contributed by atoms with Gasteiger partial charge in [-0.3, -0.25) is 19.9 Å². The van der Waals surface area contributed by atoms with E-state index >= 15 is 0 Å². The summed E-state index contributed by atoms with van der Waals surface area (Å²) in [7, 11) is 1.71. The van der Waals surface area contributed by atoms with E-state index in [4.69, 9.17) is 23.2 Å². The molecule has 2 aromatic carbocycles. The molecule has 1 fully saturated rings. The topological polar surface area (TPSA) is 104 Å². The van der Waals surface area contributed by atoms with Gasteiger partial charge in [0.2, 0.25) is 0 Å². The molecule has 1 atom stereocenters. The van der Waals surface area contributed by atoms with Crippen LogP contribution in [0.4, 0.5) is 21.5 Å². The number of aliphatic imine (C=N–C) groups is 1. The molecule has 0 saturated carbocycles. The molecule has 0 amide bonds. The number of fused-ring (bicyclic) bond motifs is 1. The molecule has 4 N–H and O–H groups in total. The Kier molecular flexibility index (Phi) is 10.2. The Balaban J connectivity index is 1.47. The number of aromatic nitrogens is 1. The third kappa shape index (κ3) is 7.45. The van der Waals surface area contributed by atoms with Crippen molar-refractivity contribution in [3.05, 3.63) is 94.2 Å². The number of pyridine rings is 1. The van der Waals surface area contributed by atoms with Crippen molar-refractivity contribution in [2.75, 3.05) is 30.8 Å². The van der Waals surface area contributed by atoms with Gasteiger partial charge in [0.15, 0.2) is 0 Å². The predicted molar refractivity (Wildman–Crippen MR) is 187 cm³/mol. The van der Waals surface area contributed by atoms with Crippen LogP contribution in [0.3, 0.4) is 0 Å². The third-order valence-corrected chi connectivity index (χ3v) is 8.76. The number of halogens is 3. The van der Waals surface area contributed by atoms with Gasteiger partial charge in [-0.2, -0.15) is 5.26 Å². The van der Waals surface area contributed by atoms with Crippen LogP contribution in [-0.2, 0) is 0 Å². The lowest BCUT2D eigenvalue weighted by atomic mass is 9.98. The number of benzene rings is 2. The minimum atomic E-state index is -0.536. The van der Waals surface area contributed by atoms with E-state index in [1.165, 1.54) is 18.3 Å². The largest absolute Gasteiger partial charge is 0.373 e. The summed E-state index contributed by atoms with van der Waals surface area (Å²) in [5.41, 5.74) is 11.0. The Morgan fingerprint density at radius 2 is 1.93 bits per heavy atom. The van der Waals surface area contributed by atoms with E-state index in [-0.39, 0.29) is 16.6 Å². The molecule has 2 aliphatic rings. The van der Waals surface area contributed by atoms with Crippen LogP contribution in [0, 0.1) is 17.1 Å². The van der Waals surface area contributed by atoms with Crippen molar-refractivity contribution in [2.24, 2.45) is 4.99 Å². The van der Waals surface area contributed by atoms with Crippen LogP contribution >= 0.6 is 23.2 Å². The van der Waals surface area contributed by atoms with E-state index < -0.39 is 5.82 Å². The SMILES string of the molecule is C=C(/C=C\C=NC)[C@H](Nc1cc(Cl)c2ncc(C#N)c(Nc3ccc(F)c(Cl)c3)c2c1)C1=CN(C2CCN(C(C)(C)C)CC2)NN1. The van der Waals surface area contributed by atoms with Crippen molar-refractivity contribution in [2.45, 2.75) is 51.2 Å². The highest BCUT2D eigenvalue weighted by molar-refractivity contribution is 6.36. The second-order valence-corrected chi connectivity index (χ2v) is 13.1. The average molecular weight is 663 g/mol. The molecule has 1 saturated heterocycles. The Morgan fingerprint density at radius 3 is 2.61 bits per heavy atom. The minimum absolute atomic E-state index is 0.0375. The lowest BCUT2D eigenvalue weighted by Crippen LogP contribution is -2.52. The molecule has 12 heteroatoms.